The minimum absolute atomic E-state index is 0.0137. The lowest BCUT2D eigenvalue weighted by molar-refractivity contribution is 0.447. The summed E-state index contributed by atoms with van der Waals surface area (Å²) in [5.74, 6) is -0.0137. The maximum absolute atomic E-state index is 11.8. The number of benzene rings is 1. The van der Waals surface area contributed by atoms with Crippen LogP contribution in [0.3, 0.4) is 0 Å². The maximum atomic E-state index is 11.8. The van der Waals surface area contributed by atoms with E-state index in [9.17, 15) is 9.90 Å². The van der Waals surface area contributed by atoms with Gasteiger partial charge in [-0.3, -0.25) is 0 Å². The van der Waals surface area contributed by atoms with Gasteiger partial charge in [0.15, 0.2) is 0 Å². The van der Waals surface area contributed by atoms with Crippen LogP contribution in [0.1, 0.15) is 0 Å². The van der Waals surface area contributed by atoms with Crippen LogP contribution in [0.25, 0.3) is 11.0 Å². The molecular formula is C13H8O3S2. The van der Waals surface area contributed by atoms with E-state index in [1.165, 1.54) is 23.1 Å². The van der Waals surface area contributed by atoms with Crippen LogP contribution < -0.4 is 5.63 Å². The molecule has 0 aliphatic heterocycles. The van der Waals surface area contributed by atoms with E-state index in [1.807, 2.05) is 17.5 Å². The Hall–Kier alpha value is -1.72. The van der Waals surface area contributed by atoms with Crippen LogP contribution in [-0.4, -0.2) is 5.11 Å². The third-order valence-corrected chi connectivity index (χ3v) is 4.54. The minimum atomic E-state index is -0.510. The Balaban J connectivity index is 2.20. The van der Waals surface area contributed by atoms with Crippen molar-refractivity contribution in [2.24, 2.45) is 0 Å². The summed E-state index contributed by atoms with van der Waals surface area (Å²) in [5, 5.41) is 12.6. The van der Waals surface area contributed by atoms with Crippen LogP contribution in [0, 0.1) is 0 Å². The second-order valence-electron chi connectivity index (χ2n) is 3.60. The topological polar surface area (TPSA) is 50.4 Å². The lowest BCUT2D eigenvalue weighted by Crippen LogP contribution is -2.01. The van der Waals surface area contributed by atoms with E-state index in [0.717, 1.165) is 4.21 Å². The third kappa shape index (κ3) is 1.91. The number of aromatic hydroxyl groups is 1. The van der Waals surface area contributed by atoms with E-state index in [-0.39, 0.29) is 10.6 Å². The first kappa shape index (κ1) is 11.4. The summed E-state index contributed by atoms with van der Waals surface area (Å²) in [6.07, 6.45) is 0. The maximum Gasteiger partial charge on any atom is 0.354 e. The van der Waals surface area contributed by atoms with Crippen LogP contribution in [-0.2, 0) is 0 Å². The van der Waals surface area contributed by atoms with Gasteiger partial charge in [0.1, 0.15) is 16.2 Å². The zero-order valence-electron chi connectivity index (χ0n) is 9.12. The van der Waals surface area contributed by atoms with Gasteiger partial charge < -0.3 is 9.52 Å². The largest absolute Gasteiger partial charge is 0.506 e. The molecule has 18 heavy (non-hydrogen) atoms. The van der Waals surface area contributed by atoms with Crippen molar-refractivity contribution in [3.05, 3.63) is 52.2 Å². The van der Waals surface area contributed by atoms with Gasteiger partial charge >= 0.3 is 5.63 Å². The Morgan fingerprint density at radius 2 is 2.00 bits per heavy atom. The molecule has 3 rings (SSSR count). The predicted molar refractivity (Wildman–Crippen MR) is 72.6 cm³/mol. The van der Waals surface area contributed by atoms with Crippen molar-refractivity contribution in [3.63, 3.8) is 0 Å². The van der Waals surface area contributed by atoms with E-state index in [0.29, 0.717) is 11.0 Å². The number of thiophene rings is 1. The molecule has 1 N–H and O–H groups in total. The van der Waals surface area contributed by atoms with Crippen molar-refractivity contribution in [2.75, 3.05) is 0 Å². The van der Waals surface area contributed by atoms with Gasteiger partial charge in [-0.2, -0.15) is 0 Å². The molecule has 3 aromatic rings. The van der Waals surface area contributed by atoms with Crippen molar-refractivity contribution in [1.82, 2.24) is 0 Å². The van der Waals surface area contributed by atoms with Crippen LogP contribution in [0.2, 0.25) is 0 Å². The lowest BCUT2D eigenvalue weighted by Gasteiger charge is -2.04. The van der Waals surface area contributed by atoms with E-state index < -0.39 is 5.63 Å². The van der Waals surface area contributed by atoms with Crippen molar-refractivity contribution < 1.29 is 9.52 Å². The first-order valence-corrected chi connectivity index (χ1v) is 6.91. The van der Waals surface area contributed by atoms with E-state index >= 15 is 0 Å². The van der Waals surface area contributed by atoms with Crippen LogP contribution in [0.15, 0.2) is 60.1 Å². The second-order valence-corrected chi connectivity index (χ2v) is 5.86. The SMILES string of the molecule is O=c1oc2ccccc2c(O)c1Sc1cccs1. The Morgan fingerprint density at radius 1 is 1.17 bits per heavy atom. The summed E-state index contributed by atoms with van der Waals surface area (Å²) in [6.45, 7) is 0. The molecule has 0 aliphatic carbocycles. The van der Waals surface area contributed by atoms with Gasteiger partial charge in [0, 0.05) is 0 Å². The minimum Gasteiger partial charge on any atom is -0.506 e. The van der Waals surface area contributed by atoms with Crippen molar-refractivity contribution in [3.8, 4) is 5.75 Å². The number of rotatable bonds is 2. The molecule has 5 heteroatoms. The Bertz CT molecular complexity index is 745. The zero-order valence-corrected chi connectivity index (χ0v) is 10.8. The Kier molecular flexibility index (Phi) is 2.85. The van der Waals surface area contributed by atoms with Gasteiger partial charge in [0.05, 0.1) is 9.60 Å². The summed E-state index contributed by atoms with van der Waals surface area (Å²) in [7, 11) is 0. The van der Waals surface area contributed by atoms with Crippen molar-refractivity contribution >= 4 is 34.1 Å². The normalized spacial score (nSPS) is 10.9. The first-order valence-electron chi connectivity index (χ1n) is 5.22. The average Bonchev–Trinajstić information content (AvgIpc) is 2.87. The highest BCUT2D eigenvalue weighted by Gasteiger charge is 2.15. The van der Waals surface area contributed by atoms with Gasteiger partial charge in [0.2, 0.25) is 0 Å². The van der Waals surface area contributed by atoms with E-state index in [4.69, 9.17) is 4.42 Å². The third-order valence-electron chi connectivity index (χ3n) is 2.44. The number of hydrogen-bond donors (Lipinski definition) is 1. The monoisotopic (exact) mass is 276 g/mol. The molecule has 0 fully saturated rings. The number of hydrogen-bond acceptors (Lipinski definition) is 5. The molecule has 0 spiro atoms. The number of para-hydroxylation sites is 1. The summed E-state index contributed by atoms with van der Waals surface area (Å²) in [5.41, 5.74) is -0.111. The van der Waals surface area contributed by atoms with Gasteiger partial charge in [-0.25, -0.2) is 4.79 Å². The number of fused-ring (bicyclic) bond motifs is 1. The smallest absolute Gasteiger partial charge is 0.354 e. The highest BCUT2D eigenvalue weighted by atomic mass is 32.2. The average molecular weight is 276 g/mol. The molecule has 90 valence electrons. The fraction of sp³-hybridized carbons (Fsp3) is 0. The van der Waals surface area contributed by atoms with E-state index in [1.54, 1.807) is 24.3 Å². The van der Waals surface area contributed by atoms with Gasteiger partial charge in [0.25, 0.3) is 0 Å². The standard InChI is InChI=1S/C13H8O3S2/c14-11-8-4-1-2-5-9(8)16-13(15)12(11)18-10-6-3-7-17-10/h1-7,14H. The molecule has 0 bridgehead atoms. The molecule has 0 aliphatic rings. The molecule has 0 saturated carbocycles. The predicted octanol–water partition coefficient (Wildman–Crippen LogP) is 3.71. The fourth-order valence-electron chi connectivity index (χ4n) is 1.63. The highest BCUT2D eigenvalue weighted by molar-refractivity contribution is 8.01. The highest BCUT2D eigenvalue weighted by Crippen LogP contribution is 2.37. The van der Waals surface area contributed by atoms with Crippen LogP contribution >= 0.6 is 23.1 Å². The quantitative estimate of drug-likeness (QED) is 0.725. The second kappa shape index (κ2) is 4.51. The summed E-state index contributed by atoms with van der Waals surface area (Å²) < 4.78 is 6.13. The summed E-state index contributed by atoms with van der Waals surface area (Å²) in [6, 6.07) is 10.7. The van der Waals surface area contributed by atoms with Gasteiger partial charge in [-0.05, 0) is 23.6 Å². The molecule has 0 saturated heterocycles. The Labute approximate surface area is 111 Å². The molecule has 0 atom stereocenters. The van der Waals surface area contributed by atoms with Gasteiger partial charge in [-0.15, -0.1) is 11.3 Å². The molecular weight excluding hydrogens is 268 g/mol. The molecule has 0 radical (unpaired) electrons. The first-order chi connectivity index (χ1) is 8.75. The van der Waals surface area contributed by atoms with Crippen molar-refractivity contribution in [1.29, 1.82) is 0 Å². The van der Waals surface area contributed by atoms with Crippen molar-refractivity contribution in [2.45, 2.75) is 9.10 Å². The van der Waals surface area contributed by atoms with Crippen LogP contribution in [0.4, 0.5) is 0 Å². The van der Waals surface area contributed by atoms with Gasteiger partial charge in [-0.1, -0.05) is 30.0 Å². The zero-order chi connectivity index (χ0) is 12.5. The summed E-state index contributed by atoms with van der Waals surface area (Å²) in [4.78, 5) is 12.1. The molecule has 0 unspecified atom stereocenters. The molecule has 1 aromatic carbocycles. The summed E-state index contributed by atoms with van der Waals surface area (Å²) >= 11 is 2.74. The van der Waals surface area contributed by atoms with Crippen LogP contribution in [0.5, 0.6) is 5.75 Å². The van der Waals surface area contributed by atoms with E-state index in [2.05, 4.69) is 0 Å². The Morgan fingerprint density at radius 3 is 2.78 bits per heavy atom. The molecule has 2 aromatic heterocycles. The lowest BCUT2D eigenvalue weighted by atomic mass is 10.2. The molecule has 3 nitrogen and oxygen atoms in total. The fourth-order valence-corrected chi connectivity index (χ4v) is 3.37. The molecule has 0 amide bonds. The molecule has 2 heterocycles.